The van der Waals surface area contributed by atoms with Gasteiger partial charge in [-0.05, 0) is 41.8 Å². The van der Waals surface area contributed by atoms with E-state index < -0.39 is 6.03 Å². The molecule has 2 aromatic rings. The third-order valence-corrected chi connectivity index (χ3v) is 5.88. The van der Waals surface area contributed by atoms with Crippen molar-refractivity contribution in [2.75, 3.05) is 13.1 Å². The van der Waals surface area contributed by atoms with Gasteiger partial charge in [0.2, 0.25) is 5.91 Å². The third kappa shape index (κ3) is 3.99. The standard InChI is InChI=1S/C16H19N3O2S2/c1-11-13-5-8-23-14(13)4-6-19(11)10-15(20)18-16(21)17-9-12-3-2-7-22-12/h2-3,5,7-8,11H,4,6,9-10H2,1H3,(H2,17,18,20,21). The van der Waals surface area contributed by atoms with Crippen LogP contribution in [0.1, 0.15) is 28.3 Å². The number of nitrogens with one attached hydrogen (secondary N) is 2. The Labute approximate surface area is 143 Å². The van der Waals surface area contributed by atoms with Gasteiger partial charge in [-0.2, -0.15) is 0 Å². The van der Waals surface area contributed by atoms with Gasteiger partial charge in [-0.25, -0.2) is 4.79 Å². The number of hydrogen-bond acceptors (Lipinski definition) is 5. The summed E-state index contributed by atoms with van der Waals surface area (Å²) in [6, 6.07) is 5.78. The SMILES string of the molecule is CC1c2ccsc2CCN1CC(=O)NC(=O)NCc1cccs1. The highest BCUT2D eigenvalue weighted by Gasteiger charge is 2.26. The first-order valence-electron chi connectivity index (χ1n) is 7.54. The summed E-state index contributed by atoms with van der Waals surface area (Å²) in [5.74, 6) is -0.265. The van der Waals surface area contributed by atoms with Crippen LogP contribution in [0, 0.1) is 0 Å². The van der Waals surface area contributed by atoms with Gasteiger partial charge in [-0.15, -0.1) is 22.7 Å². The molecular formula is C16H19N3O2S2. The normalized spacial score (nSPS) is 17.5. The van der Waals surface area contributed by atoms with Crippen LogP contribution in [-0.2, 0) is 17.8 Å². The molecule has 2 aromatic heterocycles. The van der Waals surface area contributed by atoms with Crippen LogP contribution in [0.3, 0.4) is 0 Å². The lowest BCUT2D eigenvalue weighted by atomic mass is 10.0. The fourth-order valence-corrected chi connectivity index (χ4v) is 4.36. The second-order valence-electron chi connectivity index (χ2n) is 5.51. The zero-order valence-electron chi connectivity index (χ0n) is 12.9. The van der Waals surface area contributed by atoms with E-state index in [4.69, 9.17) is 0 Å². The molecule has 122 valence electrons. The predicted octanol–water partition coefficient (Wildman–Crippen LogP) is 2.75. The maximum atomic E-state index is 12.1. The Bertz CT molecular complexity index is 681. The minimum Gasteiger partial charge on any atom is -0.333 e. The molecule has 0 saturated heterocycles. The molecule has 3 amide bonds. The number of rotatable bonds is 4. The van der Waals surface area contributed by atoms with Crippen molar-refractivity contribution in [3.05, 3.63) is 44.3 Å². The van der Waals surface area contributed by atoms with Gasteiger partial charge in [-0.3, -0.25) is 15.0 Å². The van der Waals surface area contributed by atoms with Gasteiger partial charge in [0, 0.05) is 22.3 Å². The van der Waals surface area contributed by atoms with Gasteiger partial charge in [0.05, 0.1) is 13.1 Å². The van der Waals surface area contributed by atoms with Crippen LogP contribution in [0.25, 0.3) is 0 Å². The second-order valence-corrected chi connectivity index (χ2v) is 7.54. The minimum atomic E-state index is -0.440. The maximum Gasteiger partial charge on any atom is 0.321 e. The van der Waals surface area contributed by atoms with Crippen LogP contribution >= 0.6 is 22.7 Å². The molecule has 1 unspecified atom stereocenters. The number of hydrogen-bond donors (Lipinski definition) is 2. The van der Waals surface area contributed by atoms with Gasteiger partial charge in [-0.1, -0.05) is 6.07 Å². The van der Waals surface area contributed by atoms with E-state index in [9.17, 15) is 9.59 Å². The summed E-state index contributed by atoms with van der Waals surface area (Å²) >= 11 is 3.35. The Morgan fingerprint density at radius 1 is 1.30 bits per heavy atom. The average Bonchev–Trinajstić information content (AvgIpc) is 3.19. The summed E-state index contributed by atoms with van der Waals surface area (Å²) in [6.07, 6.45) is 0.967. The van der Waals surface area contributed by atoms with Gasteiger partial charge in [0.1, 0.15) is 0 Å². The van der Waals surface area contributed by atoms with Crippen LogP contribution < -0.4 is 10.6 Å². The summed E-state index contributed by atoms with van der Waals surface area (Å²) in [5, 5.41) is 9.16. The molecule has 1 atom stereocenters. The number of urea groups is 1. The predicted molar refractivity (Wildman–Crippen MR) is 92.7 cm³/mol. The fraction of sp³-hybridized carbons (Fsp3) is 0.375. The molecule has 0 aliphatic carbocycles. The highest BCUT2D eigenvalue weighted by atomic mass is 32.1. The van der Waals surface area contributed by atoms with Crippen molar-refractivity contribution in [3.8, 4) is 0 Å². The van der Waals surface area contributed by atoms with Crippen LogP contribution in [0.15, 0.2) is 29.0 Å². The lowest BCUT2D eigenvalue weighted by Crippen LogP contribution is -2.46. The Hall–Kier alpha value is -1.70. The Morgan fingerprint density at radius 3 is 2.96 bits per heavy atom. The third-order valence-electron chi connectivity index (χ3n) is 4.01. The molecule has 2 N–H and O–H groups in total. The largest absolute Gasteiger partial charge is 0.333 e. The van der Waals surface area contributed by atoms with Gasteiger partial charge in [0.15, 0.2) is 0 Å². The van der Waals surface area contributed by atoms with E-state index in [1.54, 1.807) is 22.7 Å². The zero-order chi connectivity index (χ0) is 16.2. The molecule has 7 heteroatoms. The smallest absolute Gasteiger partial charge is 0.321 e. The molecule has 0 saturated carbocycles. The van der Waals surface area contributed by atoms with Gasteiger partial charge in [0.25, 0.3) is 0 Å². The number of fused-ring (bicyclic) bond motifs is 1. The monoisotopic (exact) mass is 349 g/mol. The lowest BCUT2D eigenvalue weighted by Gasteiger charge is -2.32. The second kappa shape index (κ2) is 7.25. The lowest BCUT2D eigenvalue weighted by molar-refractivity contribution is -0.121. The van der Waals surface area contributed by atoms with Crippen molar-refractivity contribution in [1.29, 1.82) is 0 Å². The van der Waals surface area contributed by atoms with Crippen molar-refractivity contribution >= 4 is 34.6 Å². The molecule has 3 heterocycles. The summed E-state index contributed by atoms with van der Waals surface area (Å²) in [7, 11) is 0. The first kappa shape index (κ1) is 16.2. The summed E-state index contributed by atoms with van der Waals surface area (Å²) < 4.78 is 0. The average molecular weight is 349 g/mol. The highest BCUT2D eigenvalue weighted by Crippen LogP contribution is 2.32. The molecular weight excluding hydrogens is 330 g/mol. The fourth-order valence-electron chi connectivity index (χ4n) is 2.75. The topological polar surface area (TPSA) is 61.4 Å². The van der Waals surface area contributed by atoms with Crippen LogP contribution in [0.2, 0.25) is 0 Å². The molecule has 5 nitrogen and oxygen atoms in total. The Morgan fingerprint density at radius 2 is 2.17 bits per heavy atom. The van der Waals surface area contributed by atoms with Gasteiger partial charge >= 0.3 is 6.03 Å². The number of imide groups is 1. The number of thiophene rings is 2. The Kier molecular flexibility index (Phi) is 5.09. The molecule has 0 bridgehead atoms. The van der Waals surface area contributed by atoms with E-state index in [-0.39, 0.29) is 18.5 Å². The van der Waals surface area contributed by atoms with Crippen LogP contribution in [-0.4, -0.2) is 29.9 Å². The summed E-state index contributed by atoms with van der Waals surface area (Å²) in [6.45, 7) is 3.63. The zero-order valence-corrected chi connectivity index (χ0v) is 14.5. The number of nitrogens with zero attached hydrogens (tertiary/aromatic N) is 1. The van der Waals surface area contributed by atoms with Crippen molar-refractivity contribution in [2.24, 2.45) is 0 Å². The molecule has 0 aromatic carbocycles. The molecule has 1 aliphatic heterocycles. The van der Waals surface area contributed by atoms with Crippen molar-refractivity contribution in [3.63, 3.8) is 0 Å². The maximum absolute atomic E-state index is 12.1. The molecule has 0 fully saturated rings. The molecule has 0 radical (unpaired) electrons. The van der Waals surface area contributed by atoms with Crippen LogP contribution in [0.4, 0.5) is 4.79 Å². The van der Waals surface area contributed by atoms with E-state index in [1.165, 1.54) is 10.4 Å². The minimum absolute atomic E-state index is 0.213. The van der Waals surface area contributed by atoms with E-state index in [0.717, 1.165) is 17.8 Å². The summed E-state index contributed by atoms with van der Waals surface area (Å²) in [4.78, 5) is 28.4. The highest BCUT2D eigenvalue weighted by molar-refractivity contribution is 7.10. The summed E-state index contributed by atoms with van der Waals surface area (Å²) in [5.41, 5.74) is 1.30. The molecule has 1 aliphatic rings. The first-order chi connectivity index (χ1) is 11.1. The van der Waals surface area contributed by atoms with E-state index in [0.29, 0.717) is 6.54 Å². The Balaban J connectivity index is 1.47. The van der Waals surface area contributed by atoms with E-state index in [1.807, 2.05) is 17.5 Å². The number of amides is 3. The quantitative estimate of drug-likeness (QED) is 0.892. The van der Waals surface area contributed by atoms with Gasteiger partial charge < -0.3 is 5.32 Å². The molecule has 0 spiro atoms. The van der Waals surface area contributed by atoms with Crippen molar-refractivity contribution in [2.45, 2.75) is 25.9 Å². The number of carbonyl (C=O) groups is 2. The number of carbonyl (C=O) groups excluding carboxylic acids is 2. The van der Waals surface area contributed by atoms with E-state index in [2.05, 4.69) is 33.9 Å². The first-order valence-corrected chi connectivity index (χ1v) is 9.30. The van der Waals surface area contributed by atoms with E-state index >= 15 is 0 Å². The molecule has 23 heavy (non-hydrogen) atoms. The molecule has 3 rings (SSSR count). The van der Waals surface area contributed by atoms with Crippen molar-refractivity contribution < 1.29 is 9.59 Å². The van der Waals surface area contributed by atoms with Crippen LogP contribution in [0.5, 0.6) is 0 Å². The van der Waals surface area contributed by atoms with Crippen molar-refractivity contribution in [1.82, 2.24) is 15.5 Å².